The number of carbonyl (C=O) groups excluding carboxylic acids is 1. The van der Waals surface area contributed by atoms with E-state index in [0.29, 0.717) is 35.6 Å². The topological polar surface area (TPSA) is 66.4 Å². The molecule has 1 aromatic carbocycles. The molecule has 114 valence electrons. The van der Waals surface area contributed by atoms with Crippen LogP contribution in [0.15, 0.2) is 18.2 Å². The monoisotopic (exact) mass is 307 g/mol. The third kappa shape index (κ3) is 6.11. The number of benzene rings is 1. The van der Waals surface area contributed by atoms with Crippen LogP contribution in [0, 0.1) is 18.8 Å². The smallest absolute Gasteiger partial charge is 0.252 e. The number of nitrogens with one attached hydrogen (secondary N) is 1. The van der Waals surface area contributed by atoms with Crippen LogP contribution in [0.3, 0.4) is 0 Å². The van der Waals surface area contributed by atoms with Crippen molar-refractivity contribution < 1.29 is 14.1 Å². The SMILES string of the molecule is CCS(=O)CCNC(=O)c1ccc(C)cc1C#CCCO. The molecular formula is C16H21NO3S. The van der Waals surface area contributed by atoms with Gasteiger partial charge < -0.3 is 10.4 Å². The van der Waals surface area contributed by atoms with Gasteiger partial charge in [0, 0.05) is 40.8 Å². The lowest BCUT2D eigenvalue weighted by molar-refractivity contribution is 0.0956. The van der Waals surface area contributed by atoms with Crippen LogP contribution in [-0.4, -0.2) is 39.9 Å². The normalized spacial score (nSPS) is 11.4. The summed E-state index contributed by atoms with van der Waals surface area (Å²) >= 11 is 0. The quantitative estimate of drug-likeness (QED) is 0.777. The predicted molar refractivity (Wildman–Crippen MR) is 85.6 cm³/mol. The van der Waals surface area contributed by atoms with Crippen molar-refractivity contribution in [1.82, 2.24) is 5.32 Å². The lowest BCUT2D eigenvalue weighted by atomic mass is 10.0. The highest BCUT2D eigenvalue weighted by molar-refractivity contribution is 7.84. The number of hydrogen-bond donors (Lipinski definition) is 2. The van der Waals surface area contributed by atoms with Gasteiger partial charge in [-0.25, -0.2) is 0 Å². The fourth-order valence-electron chi connectivity index (χ4n) is 1.69. The molecule has 0 heterocycles. The fraction of sp³-hybridized carbons (Fsp3) is 0.438. The Morgan fingerprint density at radius 1 is 1.43 bits per heavy atom. The van der Waals surface area contributed by atoms with Crippen molar-refractivity contribution in [3.05, 3.63) is 34.9 Å². The molecule has 1 unspecified atom stereocenters. The first-order valence-electron chi connectivity index (χ1n) is 6.92. The zero-order valence-corrected chi connectivity index (χ0v) is 13.3. The van der Waals surface area contributed by atoms with Crippen LogP contribution >= 0.6 is 0 Å². The molecular weight excluding hydrogens is 286 g/mol. The van der Waals surface area contributed by atoms with E-state index in [2.05, 4.69) is 17.2 Å². The van der Waals surface area contributed by atoms with Crippen LogP contribution in [0.1, 0.15) is 34.8 Å². The Morgan fingerprint density at radius 2 is 2.19 bits per heavy atom. The molecule has 0 aliphatic heterocycles. The highest BCUT2D eigenvalue weighted by atomic mass is 32.2. The molecule has 21 heavy (non-hydrogen) atoms. The van der Waals surface area contributed by atoms with Gasteiger partial charge in [-0.1, -0.05) is 24.8 Å². The molecule has 0 fully saturated rings. The van der Waals surface area contributed by atoms with E-state index in [9.17, 15) is 9.00 Å². The Morgan fingerprint density at radius 3 is 2.86 bits per heavy atom. The number of amides is 1. The van der Waals surface area contributed by atoms with Crippen LogP contribution in [0.4, 0.5) is 0 Å². The number of aliphatic hydroxyl groups is 1. The Bertz CT molecular complexity index is 573. The summed E-state index contributed by atoms with van der Waals surface area (Å²) in [6.07, 6.45) is 0.379. The number of carbonyl (C=O) groups is 1. The van der Waals surface area contributed by atoms with Gasteiger partial charge in [0.25, 0.3) is 5.91 Å². The summed E-state index contributed by atoms with van der Waals surface area (Å²) in [5, 5.41) is 11.5. The maximum atomic E-state index is 12.2. The van der Waals surface area contributed by atoms with Crippen LogP contribution in [0.2, 0.25) is 0 Å². The summed E-state index contributed by atoms with van der Waals surface area (Å²) < 4.78 is 11.3. The second-order valence-corrected chi connectivity index (χ2v) is 6.38. The standard InChI is InChI=1S/C16H21NO3S/c1-3-21(20)11-9-17-16(19)15-8-7-13(2)12-14(15)6-4-5-10-18/h7-8,12,18H,3,5,9-11H2,1-2H3,(H,17,19). The molecule has 2 N–H and O–H groups in total. The molecule has 1 amide bonds. The number of aliphatic hydroxyl groups excluding tert-OH is 1. The van der Waals surface area contributed by atoms with Crippen LogP contribution in [0.5, 0.6) is 0 Å². The van der Waals surface area contributed by atoms with Gasteiger partial charge in [0.05, 0.1) is 12.2 Å². The van der Waals surface area contributed by atoms with E-state index in [-0.39, 0.29) is 12.5 Å². The van der Waals surface area contributed by atoms with E-state index < -0.39 is 10.8 Å². The Balaban J connectivity index is 2.79. The minimum Gasteiger partial charge on any atom is -0.395 e. The summed E-state index contributed by atoms with van der Waals surface area (Å²) in [5.41, 5.74) is 2.18. The second kappa shape index (κ2) is 9.32. The Kier molecular flexibility index (Phi) is 7.73. The third-order valence-electron chi connectivity index (χ3n) is 2.82. The van der Waals surface area contributed by atoms with Crippen molar-refractivity contribution >= 4 is 16.7 Å². The van der Waals surface area contributed by atoms with Crippen LogP contribution in [-0.2, 0) is 10.8 Å². The van der Waals surface area contributed by atoms with Gasteiger partial charge in [-0.15, -0.1) is 0 Å². The van der Waals surface area contributed by atoms with E-state index in [1.54, 1.807) is 6.07 Å². The van der Waals surface area contributed by atoms with Gasteiger partial charge in [-0.05, 0) is 24.6 Å². The molecule has 0 bridgehead atoms. The molecule has 0 aliphatic carbocycles. The lowest BCUT2D eigenvalue weighted by Gasteiger charge is -2.07. The lowest BCUT2D eigenvalue weighted by Crippen LogP contribution is -2.28. The van der Waals surface area contributed by atoms with Crippen LogP contribution in [0.25, 0.3) is 0 Å². The van der Waals surface area contributed by atoms with Crippen molar-refractivity contribution in [2.45, 2.75) is 20.3 Å². The van der Waals surface area contributed by atoms with Crippen molar-refractivity contribution in [3.63, 3.8) is 0 Å². The molecule has 0 saturated carbocycles. The van der Waals surface area contributed by atoms with Gasteiger partial charge in [0.2, 0.25) is 0 Å². The first-order valence-corrected chi connectivity index (χ1v) is 8.40. The fourth-order valence-corrected chi connectivity index (χ4v) is 2.31. The van der Waals surface area contributed by atoms with E-state index in [4.69, 9.17) is 5.11 Å². The number of aryl methyl sites for hydroxylation is 1. The maximum Gasteiger partial charge on any atom is 0.252 e. The van der Waals surface area contributed by atoms with Gasteiger partial charge >= 0.3 is 0 Å². The minimum absolute atomic E-state index is 0.00315. The average molecular weight is 307 g/mol. The van der Waals surface area contributed by atoms with Gasteiger partial charge in [-0.3, -0.25) is 9.00 Å². The molecule has 1 rings (SSSR count). The summed E-state index contributed by atoms with van der Waals surface area (Å²) in [7, 11) is -0.885. The molecule has 1 aromatic rings. The van der Waals surface area contributed by atoms with Crippen molar-refractivity contribution in [1.29, 1.82) is 0 Å². The minimum atomic E-state index is -0.885. The third-order valence-corrected chi connectivity index (χ3v) is 4.12. The second-order valence-electron chi connectivity index (χ2n) is 4.51. The first kappa shape index (κ1) is 17.4. The van der Waals surface area contributed by atoms with E-state index in [1.807, 2.05) is 26.0 Å². The molecule has 0 aromatic heterocycles. The van der Waals surface area contributed by atoms with Crippen molar-refractivity contribution in [2.75, 3.05) is 24.7 Å². The first-order chi connectivity index (χ1) is 10.1. The van der Waals surface area contributed by atoms with E-state index >= 15 is 0 Å². The molecule has 0 radical (unpaired) electrons. The van der Waals surface area contributed by atoms with Gasteiger partial charge in [-0.2, -0.15) is 0 Å². The number of hydrogen-bond acceptors (Lipinski definition) is 3. The molecule has 1 atom stereocenters. The zero-order valence-electron chi connectivity index (χ0n) is 12.4. The summed E-state index contributed by atoms with van der Waals surface area (Å²) in [6, 6.07) is 5.45. The average Bonchev–Trinajstić information content (AvgIpc) is 2.47. The largest absolute Gasteiger partial charge is 0.395 e. The highest BCUT2D eigenvalue weighted by Crippen LogP contribution is 2.10. The van der Waals surface area contributed by atoms with Gasteiger partial charge in [0.15, 0.2) is 0 Å². The van der Waals surface area contributed by atoms with Crippen molar-refractivity contribution in [3.8, 4) is 11.8 Å². The number of rotatable bonds is 6. The molecule has 0 saturated heterocycles. The summed E-state index contributed by atoms with van der Waals surface area (Å²) in [5.74, 6) is 6.59. The van der Waals surface area contributed by atoms with Gasteiger partial charge in [0.1, 0.15) is 0 Å². The zero-order chi connectivity index (χ0) is 15.7. The Hall–Kier alpha value is -1.64. The molecule has 5 heteroatoms. The summed E-state index contributed by atoms with van der Waals surface area (Å²) in [4.78, 5) is 12.2. The Labute approximate surface area is 128 Å². The predicted octanol–water partition coefficient (Wildman–Crippen LogP) is 1.23. The summed E-state index contributed by atoms with van der Waals surface area (Å²) in [6.45, 7) is 4.18. The molecule has 4 nitrogen and oxygen atoms in total. The maximum absolute atomic E-state index is 12.2. The van der Waals surface area contributed by atoms with Crippen LogP contribution < -0.4 is 5.32 Å². The molecule has 0 aliphatic rings. The highest BCUT2D eigenvalue weighted by Gasteiger charge is 2.10. The van der Waals surface area contributed by atoms with Crippen molar-refractivity contribution in [2.24, 2.45) is 0 Å². The van der Waals surface area contributed by atoms with E-state index in [0.717, 1.165) is 5.56 Å². The van der Waals surface area contributed by atoms with E-state index in [1.165, 1.54) is 0 Å². The molecule has 0 spiro atoms.